The van der Waals surface area contributed by atoms with Crippen LogP contribution in [0.1, 0.15) is 24.1 Å². The van der Waals surface area contributed by atoms with Crippen molar-refractivity contribution in [3.8, 4) is 5.75 Å². The van der Waals surface area contributed by atoms with Crippen LogP contribution in [0, 0.1) is 0 Å². The second-order valence-corrected chi connectivity index (χ2v) is 4.93. The number of ether oxygens (including phenoxy) is 1. The van der Waals surface area contributed by atoms with Gasteiger partial charge in [0.25, 0.3) is 0 Å². The fourth-order valence-electron chi connectivity index (χ4n) is 2.72. The van der Waals surface area contributed by atoms with Crippen LogP contribution in [0.2, 0.25) is 0 Å². The van der Waals surface area contributed by atoms with Gasteiger partial charge >= 0.3 is 0 Å². The van der Waals surface area contributed by atoms with Crippen molar-refractivity contribution >= 4 is 0 Å². The Labute approximate surface area is 103 Å². The molecule has 1 saturated heterocycles. The van der Waals surface area contributed by atoms with Gasteiger partial charge in [0.05, 0.1) is 6.61 Å². The summed E-state index contributed by atoms with van der Waals surface area (Å²) in [6, 6.07) is 7.22. The molecule has 1 aromatic carbocycles. The van der Waals surface area contributed by atoms with Gasteiger partial charge in [-0.1, -0.05) is 12.1 Å². The minimum atomic E-state index is 0.492. The summed E-state index contributed by atoms with van der Waals surface area (Å²) >= 11 is 0. The molecule has 1 unspecified atom stereocenters. The Bertz CT molecular complexity index is 399. The molecule has 3 nitrogen and oxygen atoms in total. The standard InChI is InChI=1S/C14H20N2O/c1-11(16-7-5-15-6-8-16)13-3-2-12-4-9-17-14(12)10-13/h2-3,10-11,15H,4-9H2,1H3. The molecule has 0 spiro atoms. The normalized spacial score (nSPS) is 21.9. The number of nitrogens with one attached hydrogen (secondary N) is 1. The van der Waals surface area contributed by atoms with Gasteiger partial charge in [-0.05, 0) is 24.1 Å². The molecule has 3 heteroatoms. The molecule has 2 heterocycles. The molecule has 0 amide bonds. The first-order valence-corrected chi connectivity index (χ1v) is 6.55. The van der Waals surface area contributed by atoms with E-state index in [-0.39, 0.29) is 0 Å². The number of rotatable bonds is 2. The second kappa shape index (κ2) is 4.67. The molecule has 17 heavy (non-hydrogen) atoms. The molecule has 0 saturated carbocycles. The van der Waals surface area contributed by atoms with Crippen LogP contribution in [0.3, 0.4) is 0 Å². The van der Waals surface area contributed by atoms with Gasteiger partial charge in [0, 0.05) is 38.6 Å². The van der Waals surface area contributed by atoms with E-state index < -0.39 is 0 Å². The SMILES string of the molecule is CC(c1ccc2c(c1)OCC2)N1CCNCC1. The number of nitrogens with zero attached hydrogens (tertiary/aromatic N) is 1. The van der Waals surface area contributed by atoms with E-state index in [0.717, 1.165) is 45.0 Å². The van der Waals surface area contributed by atoms with Crippen LogP contribution in [-0.4, -0.2) is 37.7 Å². The summed E-state index contributed by atoms with van der Waals surface area (Å²) in [6.07, 6.45) is 1.07. The lowest BCUT2D eigenvalue weighted by Crippen LogP contribution is -2.44. The highest BCUT2D eigenvalue weighted by Crippen LogP contribution is 2.30. The molecular formula is C14H20N2O. The molecular weight excluding hydrogens is 212 g/mol. The van der Waals surface area contributed by atoms with E-state index in [0.29, 0.717) is 6.04 Å². The Morgan fingerprint density at radius 1 is 1.29 bits per heavy atom. The molecule has 1 aromatic rings. The monoisotopic (exact) mass is 232 g/mol. The molecule has 0 bridgehead atoms. The average Bonchev–Trinajstić information content (AvgIpc) is 2.86. The highest BCUT2D eigenvalue weighted by Gasteiger charge is 2.20. The molecule has 1 N–H and O–H groups in total. The van der Waals surface area contributed by atoms with Crippen LogP contribution in [0.5, 0.6) is 5.75 Å². The van der Waals surface area contributed by atoms with E-state index in [1.54, 1.807) is 0 Å². The van der Waals surface area contributed by atoms with Crippen molar-refractivity contribution < 1.29 is 4.74 Å². The highest BCUT2D eigenvalue weighted by molar-refractivity contribution is 5.41. The van der Waals surface area contributed by atoms with Gasteiger partial charge in [0.2, 0.25) is 0 Å². The maximum atomic E-state index is 5.65. The zero-order valence-electron chi connectivity index (χ0n) is 10.4. The van der Waals surface area contributed by atoms with Crippen molar-refractivity contribution in [1.82, 2.24) is 10.2 Å². The Kier molecular flexibility index (Phi) is 3.04. The van der Waals surface area contributed by atoms with Crippen LogP contribution in [0.25, 0.3) is 0 Å². The molecule has 1 fully saturated rings. The number of hydrogen-bond acceptors (Lipinski definition) is 3. The lowest BCUT2D eigenvalue weighted by molar-refractivity contribution is 0.185. The summed E-state index contributed by atoms with van der Waals surface area (Å²) in [5, 5.41) is 3.40. The summed E-state index contributed by atoms with van der Waals surface area (Å²) in [7, 11) is 0. The van der Waals surface area contributed by atoms with E-state index in [1.807, 2.05) is 0 Å². The summed E-state index contributed by atoms with van der Waals surface area (Å²) in [6.45, 7) is 7.62. The van der Waals surface area contributed by atoms with E-state index in [1.165, 1.54) is 11.1 Å². The summed E-state index contributed by atoms with van der Waals surface area (Å²) in [4.78, 5) is 2.53. The Balaban J connectivity index is 1.78. The third kappa shape index (κ3) is 2.17. The Morgan fingerprint density at radius 3 is 2.94 bits per heavy atom. The molecule has 1 atom stereocenters. The summed E-state index contributed by atoms with van der Waals surface area (Å²) in [5.74, 6) is 1.10. The van der Waals surface area contributed by atoms with E-state index in [4.69, 9.17) is 4.74 Å². The molecule has 2 aliphatic heterocycles. The van der Waals surface area contributed by atoms with E-state index in [2.05, 4.69) is 35.3 Å². The maximum absolute atomic E-state index is 5.65. The summed E-state index contributed by atoms with van der Waals surface area (Å²) in [5.41, 5.74) is 2.74. The van der Waals surface area contributed by atoms with Gasteiger partial charge in [0.1, 0.15) is 5.75 Å². The van der Waals surface area contributed by atoms with Gasteiger partial charge < -0.3 is 10.1 Å². The predicted octanol–water partition coefficient (Wildman–Crippen LogP) is 1.59. The van der Waals surface area contributed by atoms with Crippen LogP contribution in [-0.2, 0) is 6.42 Å². The Morgan fingerprint density at radius 2 is 2.12 bits per heavy atom. The van der Waals surface area contributed by atoms with Crippen molar-refractivity contribution in [3.05, 3.63) is 29.3 Å². The first kappa shape index (κ1) is 11.1. The van der Waals surface area contributed by atoms with E-state index >= 15 is 0 Å². The quantitative estimate of drug-likeness (QED) is 0.838. The van der Waals surface area contributed by atoms with Crippen LogP contribution in [0.4, 0.5) is 0 Å². The van der Waals surface area contributed by atoms with Crippen LogP contribution >= 0.6 is 0 Å². The largest absolute Gasteiger partial charge is 0.493 e. The molecule has 0 radical (unpaired) electrons. The van der Waals surface area contributed by atoms with E-state index in [9.17, 15) is 0 Å². The molecule has 2 aliphatic rings. The predicted molar refractivity (Wildman–Crippen MR) is 68.5 cm³/mol. The van der Waals surface area contributed by atoms with Gasteiger partial charge in [-0.3, -0.25) is 4.90 Å². The van der Waals surface area contributed by atoms with Gasteiger partial charge in [-0.25, -0.2) is 0 Å². The lowest BCUT2D eigenvalue weighted by atomic mass is 10.0. The highest BCUT2D eigenvalue weighted by atomic mass is 16.5. The van der Waals surface area contributed by atoms with Crippen molar-refractivity contribution in [1.29, 1.82) is 0 Å². The molecule has 0 aromatic heterocycles. The summed E-state index contributed by atoms with van der Waals surface area (Å²) < 4.78 is 5.65. The third-order valence-electron chi connectivity index (χ3n) is 3.90. The third-order valence-corrected chi connectivity index (χ3v) is 3.90. The number of fused-ring (bicyclic) bond motifs is 1. The number of benzene rings is 1. The first-order chi connectivity index (χ1) is 8.34. The molecule has 0 aliphatic carbocycles. The molecule has 92 valence electrons. The fourth-order valence-corrected chi connectivity index (χ4v) is 2.72. The van der Waals surface area contributed by atoms with Gasteiger partial charge in [-0.2, -0.15) is 0 Å². The Hall–Kier alpha value is -1.06. The molecule has 3 rings (SSSR count). The zero-order chi connectivity index (χ0) is 11.7. The average molecular weight is 232 g/mol. The lowest BCUT2D eigenvalue weighted by Gasteiger charge is -2.33. The minimum Gasteiger partial charge on any atom is -0.493 e. The number of hydrogen-bond donors (Lipinski definition) is 1. The topological polar surface area (TPSA) is 24.5 Å². The maximum Gasteiger partial charge on any atom is 0.122 e. The van der Waals surface area contributed by atoms with Crippen molar-refractivity contribution in [2.45, 2.75) is 19.4 Å². The zero-order valence-corrected chi connectivity index (χ0v) is 10.4. The second-order valence-electron chi connectivity index (χ2n) is 4.93. The van der Waals surface area contributed by atoms with Gasteiger partial charge in [-0.15, -0.1) is 0 Å². The minimum absolute atomic E-state index is 0.492. The van der Waals surface area contributed by atoms with Crippen molar-refractivity contribution in [2.75, 3.05) is 32.8 Å². The van der Waals surface area contributed by atoms with Crippen molar-refractivity contribution in [2.24, 2.45) is 0 Å². The smallest absolute Gasteiger partial charge is 0.122 e. The van der Waals surface area contributed by atoms with Gasteiger partial charge in [0.15, 0.2) is 0 Å². The fraction of sp³-hybridized carbons (Fsp3) is 0.571. The van der Waals surface area contributed by atoms with Crippen LogP contribution in [0.15, 0.2) is 18.2 Å². The van der Waals surface area contributed by atoms with Crippen molar-refractivity contribution in [3.63, 3.8) is 0 Å². The first-order valence-electron chi connectivity index (χ1n) is 6.55. The van der Waals surface area contributed by atoms with Crippen LogP contribution < -0.4 is 10.1 Å². The number of piperazine rings is 1.